The van der Waals surface area contributed by atoms with Crippen molar-refractivity contribution in [3.8, 4) is 28.9 Å². The summed E-state index contributed by atoms with van der Waals surface area (Å²) >= 11 is 3.99. The second-order valence-corrected chi connectivity index (χ2v) is 10.6. The average Bonchev–Trinajstić information content (AvgIpc) is 2.92. The Kier molecular flexibility index (Phi) is 10.7. The van der Waals surface area contributed by atoms with Crippen LogP contribution in [0.3, 0.4) is 0 Å². The topological polar surface area (TPSA) is 107 Å². The van der Waals surface area contributed by atoms with Crippen LogP contribution in [0.15, 0.2) is 48.7 Å². The largest absolute Gasteiger partial charge is 0.504 e. The van der Waals surface area contributed by atoms with Gasteiger partial charge < -0.3 is 29.0 Å². The van der Waals surface area contributed by atoms with Crippen LogP contribution in [-0.2, 0) is 27.4 Å². The number of aromatic nitrogens is 1. The molecule has 0 unspecified atom stereocenters. The molecule has 1 atom stereocenters. The molecule has 0 aliphatic heterocycles. The van der Waals surface area contributed by atoms with Crippen LogP contribution in [0.25, 0.3) is 0 Å². The monoisotopic (exact) mass is 786 g/mol. The van der Waals surface area contributed by atoms with E-state index in [1.54, 1.807) is 36.5 Å². The molecule has 0 bridgehead atoms. The molecule has 0 saturated carbocycles. The van der Waals surface area contributed by atoms with E-state index in [0.717, 1.165) is 19.7 Å². The van der Waals surface area contributed by atoms with Crippen molar-refractivity contribution >= 4 is 57.1 Å². The van der Waals surface area contributed by atoms with Crippen molar-refractivity contribution in [2.45, 2.75) is 25.2 Å². The number of carbonyl (C=O) groups is 2. The van der Waals surface area contributed by atoms with Gasteiger partial charge in [-0.2, -0.15) is 13.2 Å². The van der Waals surface area contributed by atoms with Gasteiger partial charge in [0.25, 0.3) is 0 Å². The minimum atomic E-state index is -5.14. The number of likely N-dealkylation sites (N-methyl/N-ethyl adjacent to an activating group) is 1. The molecule has 3 rings (SSSR count). The van der Waals surface area contributed by atoms with Crippen molar-refractivity contribution in [2.75, 3.05) is 21.3 Å². The van der Waals surface area contributed by atoms with Crippen LogP contribution in [0.1, 0.15) is 11.1 Å². The highest BCUT2D eigenvalue weighted by molar-refractivity contribution is 14.1. The third-order valence-electron chi connectivity index (χ3n) is 5.54. The van der Waals surface area contributed by atoms with Crippen molar-refractivity contribution in [1.29, 1.82) is 0 Å². The molecule has 0 spiro atoms. The van der Waals surface area contributed by atoms with Gasteiger partial charge in [-0.1, -0.05) is 0 Å². The zero-order chi connectivity index (χ0) is 29.6. The lowest BCUT2D eigenvalue weighted by Crippen LogP contribution is -2.49. The van der Waals surface area contributed by atoms with E-state index in [2.05, 4.69) is 9.72 Å². The number of aromatic hydroxyl groups is 1. The third kappa shape index (κ3) is 8.02. The SMILES string of the molecule is COC(=O)[C@H](Cc1cc(I)c(Oc2ccc(O)c(OCc3ccc(OC)nc3)c2)c(I)c1)N(C)C(=O)C(F)(F)F. The van der Waals surface area contributed by atoms with Crippen LogP contribution < -0.4 is 14.2 Å². The van der Waals surface area contributed by atoms with Crippen LogP contribution in [0, 0.1) is 7.14 Å². The maximum absolute atomic E-state index is 13.0. The van der Waals surface area contributed by atoms with Gasteiger partial charge in [0.15, 0.2) is 17.2 Å². The molecule has 14 heteroatoms. The minimum absolute atomic E-state index is 0.0973. The predicted molar refractivity (Wildman–Crippen MR) is 154 cm³/mol. The Morgan fingerprint density at radius 1 is 1.05 bits per heavy atom. The molecule has 9 nitrogen and oxygen atoms in total. The molecular formula is C26H23F3I2N2O7. The highest BCUT2D eigenvalue weighted by Crippen LogP contribution is 2.37. The molecule has 1 N–H and O–H groups in total. The van der Waals surface area contributed by atoms with E-state index in [-0.39, 0.29) is 24.5 Å². The summed E-state index contributed by atoms with van der Waals surface area (Å²) in [5.74, 6) is -1.80. The Hall–Kier alpha value is -3.02. The van der Waals surface area contributed by atoms with Crippen molar-refractivity contribution in [1.82, 2.24) is 9.88 Å². The van der Waals surface area contributed by atoms with E-state index in [1.807, 2.05) is 45.2 Å². The number of esters is 1. The number of halogens is 5. The third-order valence-corrected chi connectivity index (χ3v) is 7.15. The first-order valence-electron chi connectivity index (χ1n) is 11.4. The summed E-state index contributed by atoms with van der Waals surface area (Å²) in [4.78, 5) is 28.4. The number of alkyl halides is 3. The zero-order valence-electron chi connectivity index (χ0n) is 21.3. The van der Waals surface area contributed by atoms with Crippen LogP contribution in [0.4, 0.5) is 13.2 Å². The molecule has 3 aromatic rings. The number of ether oxygens (including phenoxy) is 4. The van der Waals surface area contributed by atoms with Crippen LogP contribution in [0.5, 0.6) is 28.9 Å². The molecule has 0 saturated heterocycles. The number of nitrogens with zero attached hydrogens (tertiary/aromatic N) is 2. The first kappa shape index (κ1) is 31.5. The maximum Gasteiger partial charge on any atom is 0.471 e. The number of pyridine rings is 1. The molecule has 40 heavy (non-hydrogen) atoms. The van der Waals surface area contributed by atoms with Crippen molar-refractivity contribution in [3.05, 3.63) is 66.9 Å². The number of hydrogen-bond acceptors (Lipinski definition) is 8. The number of carbonyl (C=O) groups excluding carboxylic acids is 2. The van der Waals surface area contributed by atoms with E-state index in [1.165, 1.54) is 19.2 Å². The molecule has 0 fully saturated rings. The fourth-order valence-corrected chi connectivity index (χ4v) is 5.59. The van der Waals surface area contributed by atoms with Gasteiger partial charge in [0, 0.05) is 37.4 Å². The minimum Gasteiger partial charge on any atom is -0.504 e. The second kappa shape index (κ2) is 13.6. The highest BCUT2D eigenvalue weighted by atomic mass is 127. The van der Waals surface area contributed by atoms with Crippen LogP contribution >= 0.6 is 45.2 Å². The van der Waals surface area contributed by atoms with Crippen molar-refractivity contribution in [2.24, 2.45) is 0 Å². The van der Waals surface area contributed by atoms with E-state index in [9.17, 15) is 27.9 Å². The van der Waals surface area contributed by atoms with Gasteiger partial charge in [-0.05, 0) is 81.1 Å². The number of rotatable bonds is 10. The molecular weight excluding hydrogens is 763 g/mol. The van der Waals surface area contributed by atoms with Gasteiger partial charge in [0.05, 0.1) is 21.4 Å². The number of hydrogen-bond donors (Lipinski definition) is 1. The van der Waals surface area contributed by atoms with Crippen molar-refractivity contribution in [3.63, 3.8) is 0 Å². The van der Waals surface area contributed by atoms with Crippen LogP contribution in [0.2, 0.25) is 0 Å². The molecule has 0 radical (unpaired) electrons. The van der Waals surface area contributed by atoms with E-state index in [0.29, 0.717) is 35.0 Å². The number of phenolic OH excluding ortho intramolecular Hbond substituents is 1. The fourth-order valence-electron chi connectivity index (χ4n) is 3.48. The van der Waals surface area contributed by atoms with Crippen molar-refractivity contribution < 1.29 is 46.8 Å². The van der Waals surface area contributed by atoms with Gasteiger partial charge >= 0.3 is 18.1 Å². The zero-order valence-corrected chi connectivity index (χ0v) is 25.6. The molecule has 1 amide bonds. The van der Waals surface area contributed by atoms with Gasteiger partial charge in [0.1, 0.15) is 18.4 Å². The summed E-state index contributed by atoms with van der Waals surface area (Å²) in [7, 11) is 3.45. The highest BCUT2D eigenvalue weighted by Gasteiger charge is 2.45. The number of methoxy groups -OCH3 is 2. The molecule has 2 aromatic carbocycles. The average molecular weight is 786 g/mol. The Morgan fingerprint density at radius 3 is 2.27 bits per heavy atom. The first-order valence-corrected chi connectivity index (χ1v) is 13.5. The van der Waals surface area contributed by atoms with E-state index in [4.69, 9.17) is 14.2 Å². The van der Waals surface area contributed by atoms with E-state index < -0.39 is 24.1 Å². The first-order chi connectivity index (χ1) is 18.8. The summed E-state index contributed by atoms with van der Waals surface area (Å²) in [6, 6.07) is 9.71. The van der Waals surface area contributed by atoms with Crippen LogP contribution in [-0.4, -0.2) is 60.4 Å². The van der Waals surface area contributed by atoms with Gasteiger partial charge in [-0.3, -0.25) is 4.79 Å². The van der Waals surface area contributed by atoms with Gasteiger partial charge in [-0.25, -0.2) is 9.78 Å². The van der Waals surface area contributed by atoms with Gasteiger partial charge in [0.2, 0.25) is 5.88 Å². The lowest BCUT2D eigenvalue weighted by molar-refractivity contribution is -0.188. The standard InChI is InChI=1S/C26H23F3I2N2O7/c1-33(25(36)26(27,28)29)19(24(35)38-3)10-15-8-17(30)23(18(31)9-15)40-16-5-6-20(34)21(11-16)39-13-14-4-7-22(37-2)32-12-14/h4-9,11-12,19,34H,10,13H2,1-3H3/t19-/m0/s1. The Labute approximate surface area is 254 Å². The smallest absolute Gasteiger partial charge is 0.471 e. The summed E-state index contributed by atoms with van der Waals surface area (Å²) in [5.41, 5.74) is 1.24. The maximum atomic E-state index is 13.0. The summed E-state index contributed by atoms with van der Waals surface area (Å²) in [6.07, 6.45) is -3.77. The molecule has 214 valence electrons. The summed E-state index contributed by atoms with van der Waals surface area (Å²) in [5, 5.41) is 10.2. The lowest BCUT2D eigenvalue weighted by Gasteiger charge is -2.27. The number of phenols is 1. The normalized spacial score (nSPS) is 11.9. The molecule has 1 aromatic heterocycles. The number of amides is 1. The summed E-state index contributed by atoms with van der Waals surface area (Å²) < 4.78 is 61.5. The Morgan fingerprint density at radius 2 is 1.73 bits per heavy atom. The Bertz CT molecular complexity index is 1350. The predicted octanol–water partition coefficient (Wildman–Crippen LogP) is 5.48. The van der Waals surface area contributed by atoms with E-state index >= 15 is 0 Å². The summed E-state index contributed by atoms with van der Waals surface area (Å²) in [6.45, 7) is 0.129. The molecule has 1 heterocycles. The quantitative estimate of drug-likeness (QED) is 0.213. The lowest BCUT2D eigenvalue weighted by atomic mass is 10.0. The molecule has 0 aliphatic rings. The second-order valence-electron chi connectivity index (χ2n) is 8.27. The van der Waals surface area contributed by atoms with Gasteiger partial charge in [-0.15, -0.1) is 0 Å². The Balaban J connectivity index is 1.78. The molecule has 0 aliphatic carbocycles. The fraction of sp³-hybridized carbons (Fsp3) is 0.269. The number of benzene rings is 2.